The molecule has 0 fully saturated rings. The summed E-state index contributed by atoms with van der Waals surface area (Å²) >= 11 is 0. The van der Waals surface area contributed by atoms with Crippen molar-refractivity contribution in [1.82, 2.24) is 15.5 Å². The molecule has 3 aromatic carbocycles. The molecule has 0 saturated carbocycles. The lowest BCUT2D eigenvalue weighted by molar-refractivity contribution is -0.145. The van der Waals surface area contributed by atoms with Crippen molar-refractivity contribution >= 4 is 41.0 Å². The van der Waals surface area contributed by atoms with Gasteiger partial charge in [0.25, 0.3) is 0 Å². The van der Waals surface area contributed by atoms with Crippen molar-refractivity contribution in [2.45, 2.75) is 167 Å². The second-order valence-electron chi connectivity index (χ2n) is 19.4. The smallest absolute Gasteiger partial charge is 0.328 e. The van der Waals surface area contributed by atoms with Gasteiger partial charge in [0.1, 0.15) is 29.4 Å². The van der Waals surface area contributed by atoms with Gasteiger partial charge in [0.15, 0.2) is 11.6 Å². The van der Waals surface area contributed by atoms with Crippen LogP contribution in [0.25, 0.3) is 11.1 Å². The van der Waals surface area contributed by atoms with E-state index in [1.807, 2.05) is 36.4 Å². The van der Waals surface area contributed by atoms with Crippen LogP contribution < -0.4 is 20.1 Å². The maximum atomic E-state index is 14.4. The van der Waals surface area contributed by atoms with Crippen LogP contribution in [0.15, 0.2) is 66.7 Å². The van der Waals surface area contributed by atoms with Gasteiger partial charge in [-0.3, -0.25) is 28.8 Å². The van der Waals surface area contributed by atoms with Gasteiger partial charge in [-0.05, 0) is 54.3 Å². The van der Waals surface area contributed by atoms with E-state index in [-0.39, 0.29) is 51.1 Å². The third-order valence-corrected chi connectivity index (χ3v) is 13.6. The molecule has 4 rings (SSSR count). The van der Waals surface area contributed by atoms with E-state index in [9.17, 15) is 33.6 Å². The molecular formula is C58H81N3O11. The Bertz CT molecular complexity index is 2230. The fourth-order valence-electron chi connectivity index (χ4n) is 9.23. The van der Waals surface area contributed by atoms with E-state index in [0.29, 0.717) is 40.2 Å². The number of ketones is 3. The lowest BCUT2D eigenvalue weighted by atomic mass is 9.89. The number of carbonyl (C=O) groups is 7. The maximum absolute atomic E-state index is 14.4. The molecule has 0 spiro atoms. The molecule has 0 saturated heterocycles. The number of rotatable bonds is 30. The molecule has 0 aliphatic carbocycles. The number of fused-ring (bicyclic) bond motifs is 5. The van der Waals surface area contributed by atoms with Crippen molar-refractivity contribution < 1.29 is 52.5 Å². The van der Waals surface area contributed by atoms with Crippen LogP contribution in [0.5, 0.6) is 11.5 Å². The Morgan fingerprint density at radius 3 is 1.94 bits per heavy atom. The molecule has 5 atom stereocenters. The van der Waals surface area contributed by atoms with Gasteiger partial charge in [-0.25, -0.2) is 4.79 Å². The van der Waals surface area contributed by atoms with Gasteiger partial charge in [0.2, 0.25) is 17.7 Å². The van der Waals surface area contributed by atoms with E-state index in [1.54, 1.807) is 44.2 Å². The second-order valence-corrected chi connectivity index (χ2v) is 19.4. The van der Waals surface area contributed by atoms with Gasteiger partial charge >= 0.3 is 5.97 Å². The van der Waals surface area contributed by atoms with Crippen LogP contribution in [-0.2, 0) is 56.1 Å². The average molecular weight is 996 g/mol. The van der Waals surface area contributed by atoms with Gasteiger partial charge < -0.3 is 34.5 Å². The first-order valence-corrected chi connectivity index (χ1v) is 26.2. The Morgan fingerprint density at radius 2 is 1.33 bits per heavy atom. The highest BCUT2D eigenvalue weighted by molar-refractivity contribution is 5.96. The number of benzene rings is 3. The summed E-state index contributed by atoms with van der Waals surface area (Å²) in [6, 6.07) is 16.8. The number of nitrogens with one attached hydrogen (secondary N) is 2. The number of ether oxygens (including phenoxy) is 4. The van der Waals surface area contributed by atoms with E-state index >= 15 is 0 Å². The Kier molecular flexibility index (Phi) is 25.7. The van der Waals surface area contributed by atoms with Gasteiger partial charge in [-0.1, -0.05) is 133 Å². The fourth-order valence-corrected chi connectivity index (χ4v) is 9.23. The molecule has 2 N–H and O–H groups in total. The summed E-state index contributed by atoms with van der Waals surface area (Å²) in [5.74, 6) is -3.87. The Hall–Kier alpha value is -5.89. The molecule has 1 aliphatic heterocycles. The highest BCUT2D eigenvalue weighted by Gasteiger charge is 2.34. The second kappa shape index (κ2) is 31.5. The van der Waals surface area contributed by atoms with Crippen LogP contribution in [0.4, 0.5) is 0 Å². The molecule has 1 aliphatic rings. The number of methoxy groups -OCH3 is 3. The summed E-state index contributed by atoms with van der Waals surface area (Å²) in [5, 5.41) is 5.53. The molecule has 0 aromatic heterocycles. The zero-order valence-corrected chi connectivity index (χ0v) is 44.0. The molecule has 3 aromatic rings. The molecule has 394 valence electrons. The third kappa shape index (κ3) is 18.9. The Labute approximate surface area is 428 Å². The van der Waals surface area contributed by atoms with E-state index in [2.05, 4.69) is 17.6 Å². The van der Waals surface area contributed by atoms with Crippen molar-refractivity contribution in [3.63, 3.8) is 0 Å². The van der Waals surface area contributed by atoms with Crippen LogP contribution in [0.2, 0.25) is 0 Å². The van der Waals surface area contributed by atoms with Crippen LogP contribution in [0.1, 0.15) is 159 Å². The number of carbonyl (C=O) groups excluding carboxylic acids is 7. The molecule has 14 nitrogen and oxygen atoms in total. The first-order valence-electron chi connectivity index (χ1n) is 26.2. The molecule has 14 heteroatoms. The van der Waals surface area contributed by atoms with Crippen LogP contribution in [-0.4, -0.2) is 93.0 Å². The summed E-state index contributed by atoms with van der Waals surface area (Å²) in [6.07, 6.45) is 15.3. The minimum atomic E-state index is -1.19. The Balaban J connectivity index is 1.41. The quantitative estimate of drug-likeness (QED) is 0.0479. The van der Waals surface area contributed by atoms with Crippen LogP contribution >= 0.6 is 0 Å². The van der Waals surface area contributed by atoms with E-state index < -0.39 is 65.2 Å². The number of esters is 1. The normalized spacial score (nSPS) is 16.6. The first-order chi connectivity index (χ1) is 34.7. The summed E-state index contributed by atoms with van der Waals surface area (Å²) in [4.78, 5) is 96.8. The van der Waals surface area contributed by atoms with Crippen molar-refractivity contribution in [2.24, 2.45) is 11.8 Å². The van der Waals surface area contributed by atoms with Crippen molar-refractivity contribution in [3.8, 4) is 22.6 Å². The standard InChI is InChI=1S/C58H81N3O11/c1-8-9-10-11-12-13-14-15-16-17-18-19-23-26-46(62)36-45(39-72-38-42-24-21-20-22-25-42)57(67)59-41(3)50(63)29-32-54(65)61(4)55-44-28-31-53(70-6)48(37-44)47-34-43(27-30-52(47)69-5)35-49(58(68)71-7)60-56(66)40(2)33-51(55)64/h20-22,24-25,27-28,30-31,34,37,40-41,45,49,55H,8-19,23,26,29,32-33,35-36,38-39H2,1-7H3,(H,59,67)(H,60,66)/t40-,41-,45-,49+,55+/m1/s1. The number of hydrogen-bond acceptors (Lipinski definition) is 11. The summed E-state index contributed by atoms with van der Waals surface area (Å²) in [7, 11) is 5.73. The van der Waals surface area contributed by atoms with Crippen molar-refractivity contribution in [1.29, 1.82) is 0 Å². The number of hydrogen-bond donors (Lipinski definition) is 2. The maximum Gasteiger partial charge on any atom is 0.328 e. The topological polar surface area (TPSA) is 184 Å². The summed E-state index contributed by atoms with van der Waals surface area (Å²) < 4.78 is 22.5. The predicted molar refractivity (Wildman–Crippen MR) is 278 cm³/mol. The van der Waals surface area contributed by atoms with Crippen LogP contribution in [0.3, 0.4) is 0 Å². The monoisotopic (exact) mass is 996 g/mol. The molecule has 0 unspecified atom stereocenters. The van der Waals surface area contributed by atoms with E-state index in [0.717, 1.165) is 31.2 Å². The number of unbranched alkanes of at least 4 members (excludes halogenated alkanes) is 12. The minimum Gasteiger partial charge on any atom is -0.496 e. The van der Waals surface area contributed by atoms with Crippen molar-refractivity contribution in [2.75, 3.05) is 35.0 Å². The highest BCUT2D eigenvalue weighted by atomic mass is 16.5. The van der Waals surface area contributed by atoms with Crippen molar-refractivity contribution in [3.05, 3.63) is 83.4 Å². The highest BCUT2D eigenvalue weighted by Crippen LogP contribution is 2.40. The van der Waals surface area contributed by atoms with E-state index in [4.69, 9.17) is 18.9 Å². The summed E-state index contributed by atoms with van der Waals surface area (Å²) in [5.41, 5.74) is 3.19. The van der Waals surface area contributed by atoms with Crippen LogP contribution in [0, 0.1) is 11.8 Å². The number of amides is 3. The minimum absolute atomic E-state index is 0.0118. The number of nitrogens with zero attached hydrogens (tertiary/aromatic N) is 1. The largest absolute Gasteiger partial charge is 0.496 e. The third-order valence-electron chi connectivity index (χ3n) is 13.6. The molecule has 4 bridgehead atoms. The molecule has 3 amide bonds. The lowest BCUT2D eigenvalue weighted by Crippen LogP contribution is -2.46. The first kappa shape index (κ1) is 58.7. The van der Waals surface area contributed by atoms with Gasteiger partial charge in [0.05, 0.1) is 46.5 Å². The SMILES string of the molecule is CCCCCCCCCCCCCCCC(=O)C[C@H](COCc1ccccc1)C(=O)N[C@H](C)C(=O)CCC(=O)N(C)[C@@H]1C(=O)C[C@@H](C)C(=O)N[C@H](C(=O)OC)Cc2ccc(OC)c(c2)-c2cc1ccc2OC. The molecular weight excluding hydrogens is 915 g/mol. The number of likely N-dealkylation sites (N-methyl/N-ethyl adjacent to an activating group) is 1. The fraction of sp³-hybridized carbons (Fsp3) is 0.569. The van der Waals surface area contributed by atoms with Gasteiger partial charge in [-0.2, -0.15) is 0 Å². The predicted octanol–water partition coefficient (Wildman–Crippen LogP) is 9.81. The lowest BCUT2D eigenvalue weighted by Gasteiger charge is -2.30. The Morgan fingerprint density at radius 1 is 0.736 bits per heavy atom. The van der Waals surface area contributed by atoms with Gasteiger partial charge in [0, 0.05) is 62.6 Å². The summed E-state index contributed by atoms with van der Waals surface area (Å²) in [6.45, 7) is 5.60. The zero-order chi connectivity index (χ0) is 52.4. The molecule has 0 radical (unpaired) electrons. The zero-order valence-electron chi connectivity index (χ0n) is 44.0. The number of Topliss-reactive ketones (excluding diaryl/α,β-unsaturated/α-hetero) is 3. The molecule has 72 heavy (non-hydrogen) atoms. The van der Waals surface area contributed by atoms with Gasteiger partial charge in [-0.15, -0.1) is 0 Å². The van der Waals surface area contributed by atoms with E-state index in [1.165, 1.54) is 91.1 Å². The molecule has 1 heterocycles. The average Bonchev–Trinajstić information content (AvgIpc) is 3.38.